The van der Waals surface area contributed by atoms with Crippen molar-refractivity contribution in [3.63, 3.8) is 0 Å². The number of rotatable bonds is 6. The van der Waals surface area contributed by atoms with Gasteiger partial charge in [-0.25, -0.2) is 0 Å². The fourth-order valence-electron chi connectivity index (χ4n) is 2.14. The summed E-state index contributed by atoms with van der Waals surface area (Å²) in [6.07, 6.45) is 1.72. The summed E-state index contributed by atoms with van der Waals surface area (Å²) in [5.74, 6) is 0. The lowest BCUT2D eigenvalue weighted by Gasteiger charge is -2.25. The summed E-state index contributed by atoms with van der Waals surface area (Å²) in [4.78, 5) is 4.81. The first-order valence-corrected chi connectivity index (χ1v) is 6.74. The fourth-order valence-corrected chi connectivity index (χ4v) is 2.14. The summed E-state index contributed by atoms with van der Waals surface area (Å²) in [6.45, 7) is 8.81. The molecule has 0 amide bonds. The fraction of sp³-hybridized carbons (Fsp3) is 1.00. The molecule has 1 heterocycles. The lowest BCUT2D eigenvalue weighted by atomic mass is 10.3. The molecule has 0 spiro atoms. The number of hydrogen-bond donors (Lipinski definition) is 3. The molecule has 5 heteroatoms. The van der Waals surface area contributed by atoms with Gasteiger partial charge in [0, 0.05) is 65.6 Å². The van der Waals surface area contributed by atoms with Crippen LogP contribution in [0.4, 0.5) is 0 Å². The van der Waals surface area contributed by atoms with Crippen molar-refractivity contribution in [2.75, 3.05) is 65.6 Å². The minimum absolute atomic E-state index is 0.276. The normalized spacial score (nSPS) is 20.8. The Bertz CT molecular complexity index is 163. The number of aliphatic hydroxyl groups is 2. The first-order valence-electron chi connectivity index (χ1n) is 6.74. The Morgan fingerprint density at radius 1 is 0.765 bits per heavy atom. The lowest BCUT2D eigenvalue weighted by molar-refractivity contribution is 0.188. The minimum Gasteiger partial charge on any atom is -0.396 e. The lowest BCUT2D eigenvalue weighted by Crippen LogP contribution is -2.37. The Morgan fingerprint density at radius 3 is 1.65 bits per heavy atom. The van der Waals surface area contributed by atoms with E-state index in [0.29, 0.717) is 0 Å². The van der Waals surface area contributed by atoms with Crippen molar-refractivity contribution in [3.8, 4) is 0 Å². The second kappa shape index (κ2) is 9.79. The SMILES string of the molecule is OCCCN1CCNCCN(CCCO)CC1. The molecule has 17 heavy (non-hydrogen) atoms. The third-order valence-corrected chi connectivity index (χ3v) is 3.21. The van der Waals surface area contributed by atoms with E-state index in [2.05, 4.69) is 15.1 Å². The van der Waals surface area contributed by atoms with Crippen molar-refractivity contribution in [1.82, 2.24) is 15.1 Å². The van der Waals surface area contributed by atoms with Crippen LogP contribution in [0.2, 0.25) is 0 Å². The molecule has 0 aromatic heterocycles. The third kappa shape index (κ3) is 6.95. The van der Waals surface area contributed by atoms with Gasteiger partial charge in [0.1, 0.15) is 0 Å². The quantitative estimate of drug-likeness (QED) is 0.558. The van der Waals surface area contributed by atoms with Crippen LogP contribution in [0.3, 0.4) is 0 Å². The van der Waals surface area contributed by atoms with Crippen molar-refractivity contribution >= 4 is 0 Å². The zero-order chi connectivity index (χ0) is 12.3. The Balaban J connectivity index is 2.29. The predicted octanol–water partition coefficient (Wildman–Crippen LogP) is -1.04. The molecule has 0 bridgehead atoms. The topological polar surface area (TPSA) is 59.0 Å². The van der Waals surface area contributed by atoms with E-state index in [9.17, 15) is 0 Å². The molecule has 0 aliphatic carbocycles. The molecule has 1 saturated heterocycles. The molecule has 0 unspecified atom stereocenters. The van der Waals surface area contributed by atoms with E-state index < -0.39 is 0 Å². The molecule has 1 aliphatic rings. The molecule has 5 nitrogen and oxygen atoms in total. The van der Waals surface area contributed by atoms with Gasteiger partial charge in [-0.1, -0.05) is 0 Å². The zero-order valence-corrected chi connectivity index (χ0v) is 10.8. The standard InChI is InChI=1S/C12H27N3O2/c16-11-1-5-14-7-3-13-4-8-15(10-9-14)6-2-12-17/h13,16-17H,1-12H2. The van der Waals surface area contributed by atoms with Gasteiger partial charge in [0.15, 0.2) is 0 Å². The molecule has 1 fully saturated rings. The van der Waals surface area contributed by atoms with E-state index in [4.69, 9.17) is 10.2 Å². The second-order valence-electron chi connectivity index (χ2n) is 4.59. The Kier molecular flexibility index (Phi) is 8.56. The van der Waals surface area contributed by atoms with Crippen LogP contribution in [0.1, 0.15) is 12.8 Å². The third-order valence-electron chi connectivity index (χ3n) is 3.21. The van der Waals surface area contributed by atoms with Crippen LogP contribution < -0.4 is 5.32 Å². The van der Waals surface area contributed by atoms with Gasteiger partial charge in [-0.3, -0.25) is 0 Å². The Morgan fingerprint density at radius 2 is 1.24 bits per heavy atom. The van der Waals surface area contributed by atoms with E-state index in [-0.39, 0.29) is 13.2 Å². The maximum Gasteiger partial charge on any atom is 0.0443 e. The van der Waals surface area contributed by atoms with Gasteiger partial charge in [0.25, 0.3) is 0 Å². The van der Waals surface area contributed by atoms with Crippen molar-refractivity contribution in [2.45, 2.75) is 12.8 Å². The minimum atomic E-state index is 0.276. The van der Waals surface area contributed by atoms with E-state index in [0.717, 1.165) is 65.2 Å². The van der Waals surface area contributed by atoms with Crippen LogP contribution in [0.25, 0.3) is 0 Å². The maximum atomic E-state index is 8.87. The summed E-state index contributed by atoms with van der Waals surface area (Å²) < 4.78 is 0. The average Bonchev–Trinajstić information content (AvgIpc) is 2.46. The summed E-state index contributed by atoms with van der Waals surface area (Å²) >= 11 is 0. The molecular weight excluding hydrogens is 218 g/mol. The van der Waals surface area contributed by atoms with E-state index in [1.165, 1.54) is 0 Å². The summed E-state index contributed by atoms with van der Waals surface area (Å²) in [5.41, 5.74) is 0. The van der Waals surface area contributed by atoms with Crippen LogP contribution in [-0.4, -0.2) is 85.6 Å². The molecule has 0 atom stereocenters. The van der Waals surface area contributed by atoms with Crippen LogP contribution in [0, 0.1) is 0 Å². The molecule has 0 radical (unpaired) electrons. The highest BCUT2D eigenvalue weighted by atomic mass is 16.3. The summed E-state index contributed by atoms with van der Waals surface area (Å²) in [5, 5.41) is 21.2. The van der Waals surface area contributed by atoms with E-state index >= 15 is 0 Å². The molecule has 102 valence electrons. The summed E-state index contributed by atoms with van der Waals surface area (Å²) in [7, 11) is 0. The molecule has 0 aromatic carbocycles. The van der Waals surface area contributed by atoms with Gasteiger partial charge in [0.05, 0.1) is 0 Å². The van der Waals surface area contributed by atoms with Crippen molar-refractivity contribution in [2.24, 2.45) is 0 Å². The molecule has 0 aromatic rings. The van der Waals surface area contributed by atoms with Gasteiger partial charge >= 0.3 is 0 Å². The predicted molar refractivity (Wildman–Crippen MR) is 69.2 cm³/mol. The van der Waals surface area contributed by atoms with Gasteiger partial charge < -0.3 is 25.3 Å². The number of aliphatic hydroxyl groups excluding tert-OH is 2. The highest BCUT2D eigenvalue weighted by molar-refractivity contribution is 4.69. The highest BCUT2D eigenvalue weighted by Gasteiger charge is 2.11. The maximum absolute atomic E-state index is 8.87. The van der Waals surface area contributed by atoms with Gasteiger partial charge in [-0.15, -0.1) is 0 Å². The van der Waals surface area contributed by atoms with Crippen LogP contribution in [0.5, 0.6) is 0 Å². The van der Waals surface area contributed by atoms with Crippen molar-refractivity contribution < 1.29 is 10.2 Å². The van der Waals surface area contributed by atoms with Crippen LogP contribution in [0.15, 0.2) is 0 Å². The number of nitrogens with zero attached hydrogens (tertiary/aromatic N) is 2. The van der Waals surface area contributed by atoms with Crippen molar-refractivity contribution in [3.05, 3.63) is 0 Å². The Labute approximate surface area is 104 Å². The highest BCUT2D eigenvalue weighted by Crippen LogP contribution is 1.97. The summed E-state index contributed by atoms with van der Waals surface area (Å²) in [6, 6.07) is 0. The van der Waals surface area contributed by atoms with Gasteiger partial charge in [-0.2, -0.15) is 0 Å². The molecular formula is C12H27N3O2. The number of nitrogens with one attached hydrogen (secondary N) is 1. The molecule has 1 aliphatic heterocycles. The average molecular weight is 245 g/mol. The first-order chi connectivity index (χ1) is 8.36. The molecule has 0 saturated carbocycles. The van der Waals surface area contributed by atoms with E-state index in [1.54, 1.807) is 0 Å². The number of hydrogen-bond acceptors (Lipinski definition) is 5. The van der Waals surface area contributed by atoms with Gasteiger partial charge in [-0.05, 0) is 12.8 Å². The van der Waals surface area contributed by atoms with Crippen LogP contribution in [-0.2, 0) is 0 Å². The van der Waals surface area contributed by atoms with Crippen molar-refractivity contribution in [1.29, 1.82) is 0 Å². The van der Waals surface area contributed by atoms with Gasteiger partial charge in [0.2, 0.25) is 0 Å². The Hall–Kier alpha value is -0.200. The van der Waals surface area contributed by atoms with E-state index in [1.807, 2.05) is 0 Å². The zero-order valence-electron chi connectivity index (χ0n) is 10.8. The molecule has 1 rings (SSSR count). The second-order valence-corrected chi connectivity index (χ2v) is 4.59. The monoisotopic (exact) mass is 245 g/mol. The van der Waals surface area contributed by atoms with Crippen LogP contribution >= 0.6 is 0 Å². The smallest absolute Gasteiger partial charge is 0.0443 e. The largest absolute Gasteiger partial charge is 0.396 e. The first kappa shape index (κ1) is 14.9. The molecule has 3 N–H and O–H groups in total.